The largest absolute Gasteiger partial charge is 0.501 e. The number of ketones is 1. The summed E-state index contributed by atoms with van der Waals surface area (Å²) in [5, 5.41) is 0. The molecule has 0 saturated heterocycles. The lowest BCUT2D eigenvalue weighted by molar-refractivity contribution is -0.138. The van der Waals surface area contributed by atoms with E-state index in [2.05, 4.69) is 0 Å². The van der Waals surface area contributed by atoms with Gasteiger partial charge in [-0.15, -0.1) is 0 Å². The van der Waals surface area contributed by atoms with Gasteiger partial charge in [-0.2, -0.15) is 13.2 Å². The number of ether oxygens (including phenoxy) is 1. The second-order valence-corrected chi connectivity index (χ2v) is 6.47. The van der Waals surface area contributed by atoms with Crippen molar-refractivity contribution in [3.05, 3.63) is 41.2 Å². The SMILES string of the molecule is CCOC=C(C=O)C(=O)c1ccc(S(C)(=O)=O)cc1C(F)(F)F. The Kier molecular flexibility index (Phi) is 5.70. The average Bonchev–Trinajstić information content (AvgIpc) is 2.45. The standard InChI is InChI=1S/C14H13F3O5S/c1-3-22-8-9(7-18)13(19)11-5-4-10(23(2,20)21)6-12(11)14(15,16)17/h4-8H,3H2,1-2H3. The summed E-state index contributed by atoms with van der Waals surface area (Å²) in [7, 11) is -3.89. The topological polar surface area (TPSA) is 77.5 Å². The first-order chi connectivity index (χ1) is 10.5. The third kappa shape index (κ3) is 4.65. The van der Waals surface area contributed by atoms with E-state index in [0.29, 0.717) is 6.07 Å². The van der Waals surface area contributed by atoms with Crippen molar-refractivity contribution < 1.29 is 35.9 Å². The van der Waals surface area contributed by atoms with Crippen molar-refractivity contribution in [2.75, 3.05) is 12.9 Å². The minimum Gasteiger partial charge on any atom is -0.501 e. The average molecular weight is 350 g/mol. The first-order valence-corrected chi connectivity index (χ1v) is 8.14. The maximum absolute atomic E-state index is 13.1. The molecule has 23 heavy (non-hydrogen) atoms. The maximum atomic E-state index is 13.1. The van der Waals surface area contributed by atoms with Gasteiger partial charge >= 0.3 is 6.18 Å². The number of carbonyl (C=O) groups is 2. The molecule has 0 unspecified atom stereocenters. The van der Waals surface area contributed by atoms with E-state index in [4.69, 9.17) is 4.74 Å². The van der Waals surface area contributed by atoms with Crippen molar-refractivity contribution in [2.24, 2.45) is 0 Å². The third-order valence-corrected chi connectivity index (χ3v) is 3.85. The Morgan fingerprint density at radius 1 is 1.30 bits per heavy atom. The molecule has 0 amide bonds. The Morgan fingerprint density at radius 3 is 2.35 bits per heavy atom. The van der Waals surface area contributed by atoms with Crippen LogP contribution in [0.2, 0.25) is 0 Å². The van der Waals surface area contributed by atoms with E-state index < -0.39 is 43.4 Å². The highest BCUT2D eigenvalue weighted by Gasteiger charge is 2.36. The second kappa shape index (κ2) is 6.95. The summed E-state index contributed by atoms with van der Waals surface area (Å²) in [4.78, 5) is 22.4. The number of Topliss-reactive ketones (excluding diaryl/α,β-unsaturated/α-hetero) is 1. The van der Waals surface area contributed by atoms with Crippen molar-refractivity contribution in [1.82, 2.24) is 0 Å². The molecule has 0 heterocycles. The van der Waals surface area contributed by atoms with E-state index in [-0.39, 0.29) is 12.9 Å². The highest BCUT2D eigenvalue weighted by Crippen LogP contribution is 2.34. The molecule has 0 aliphatic heterocycles. The van der Waals surface area contributed by atoms with Gasteiger partial charge in [-0.05, 0) is 25.1 Å². The van der Waals surface area contributed by atoms with Crippen LogP contribution in [-0.4, -0.2) is 33.3 Å². The molecule has 126 valence electrons. The number of halogens is 3. The molecule has 0 spiro atoms. The van der Waals surface area contributed by atoms with E-state index in [1.807, 2.05) is 0 Å². The van der Waals surface area contributed by atoms with Crippen molar-refractivity contribution in [2.45, 2.75) is 18.0 Å². The molecule has 1 aromatic rings. The summed E-state index contributed by atoms with van der Waals surface area (Å²) in [6.07, 6.45) is -3.39. The number of rotatable bonds is 6. The number of hydrogen-bond donors (Lipinski definition) is 0. The van der Waals surface area contributed by atoms with Gasteiger partial charge in [0.1, 0.15) is 0 Å². The Bertz CT molecular complexity index is 748. The second-order valence-electron chi connectivity index (χ2n) is 4.45. The third-order valence-electron chi connectivity index (χ3n) is 2.74. The quantitative estimate of drug-likeness (QED) is 0.197. The molecule has 1 aromatic carbocycles. The molecule has 1 rings (SSSR count). The Balaban J connectivity index is 3.53. The lowest BCUT2D eigenvalue weighted by atomic mass is 9.99. The Hall–Kier alpha value is -2.16. The highest BCUT2D eigenvalue weighted by molar-refractivity contribution is 7.90. The van der Waals surface area contributed by atoms with Gasteiger partial charge in [-0.25, -0.2) is 8.42 Å². The molecule has 0 atom stereocenters. The van der Waals surface area contributed by atoms with Gasteiger partial charge in [0.05, 0.1) is 28.9 Å². The molecule has 0 fully saturated rings. The summed E-state index contributed by atoms with van der Waals surface area (Å²) >= 11 is 0. The minimum absolute atomic E-state index is 0.0720. The number of hydrogen-bond acceptors (Lipinski definition) is 5. The zero-order chi connectivity index (χ0) is 17.8. The normalized spacial score (nSPS) is 12.8. The monoisotopic (exact) mass is 350 g/mol. The van der Waals surface area contributed by atoms with Crippen LogP contribution in [0.25, 0.3) is 0 Å². The molecule has 9 heteroatoms. The van der Waals surface area contributed by atoms with E-state index in [0.717, 1.165) is 24.7 Å². The van der Waals surface area contributed by atoms with E-state index >= 15 is 0 Å². The van der Waals surface area contributed by atoms with Crippen molar-refractivity contribution >= 4 is 21.9 Å². The van der Waals surface area contributed by atoms with Crippen LogP contribution in [0.1, 0.15) is 22.8 Å². The van der Waals surface area contributed by atoms with Crippen LogP contribution in [0.4, 0.5) is 13.2 Å². The minimum atomic E-state index is -4.97. The molecule has 0 saturated carbocycles. The lowest BCUT2D eigenvalue weighted by Gasteiger charge is -2.13. The zero-order valence-corrected chi connectivity index (χ0v) is 13.0. The van der Waals surface area contributed by atoms with Gasteiger partial charge in [0.25, 0.3) is 0 Å². The van der Waals surface area contributed by atoms with Crippen LogP contribution in [-0.2, 0) is 25.5 Å². The summed E-state index contributed by atoms with van der Waals surface area (Å²) in [5.41, 5.74) is -2.87. The number of allylic oxidation sites excluding steroid dienone is 1. The molecular weight excluding hydrogens is 337 g/mol. The van der Waals surface area contributed by atoms with Crippen molar-refractivity contribution in [3.63, 3.8) is 0 Å². The van der Waals surface area contributed by atoms with Gasteiger partial charge < -0.3 is 4.74 Å². The fourth-order valence-electron chi connectivity index (χ4n) is 1.65. The number of alkyl halides is 3. The molecule has 0 radical (unpaired) electrons. The van der Waals surface area contributed by atoms with Crippen LogP contribution >= 0.6 is 0 Å². The summed E-state index contributed by atoms with van der Waals surface area (Å²) in [5.74, 6) is -1.21. The van der Waals surface area contributed by atoms with Crippen molar-refractivity contribution in [1.29, 1.82) is 0 Å². The fourth-order valence-corrected chi connectivity index (χ4v) is 2.30. The molecule has 5 nitrogen and oxygen atoms in total. The predicted molar refractivity (Wildman–Crippen MR) is 74.7 cm³/mol. The highest BCUT2D eigenvalue weighted by atomic mass is 32.2. The van der Waals surface area contributed by atoms with Crippen LogP contribution in [0.5, 0.6) is 0 Å². The summed E-state index contributed by atoms with van der Waals surface area (Å²) in [6.45, 7) is 1.68. The first kappa shape index (κ1) is 18.9. The van der Waals surface area contributed by atoms with Crippen LogP contribution in [0, 0.1) is 0 Å². The van der Waals surface area contributed by atoms with Gasteiger partial charge in [-0.3, -0.25) is 9.59 Å². The first-order valence-electron chi connectivity index (χ1n) is 6.25. The predicted octanol–water partition coefficient (Wildman–Crippen LogP) is 2.41. The zero-order valence-electron chi connectivity index (χ0n) is 12.2. The number of aldehydes is 1. The number of benzene rings is 1. The molecule has 0 bridgehead atoms. The van der Waals surface area contributed by atoms with Crippen LogP contribution in [0.15, 0.2) is 34.9 Å². The molecule has 0 aliphatic carbocycles. The molecule has 0 aliphatic rings. The summed E-state index contributed by atoms with van der Waals surface area (Å²) in [6, 6.07) is 1.97. The van der Waals surface area contributed by atoms with Crippen LogP contribution < -0.4 is 0 Å². The Labute approximate surface area is 130 Å². The fraction of sp³-hybridized carbons (Fsp3) is 0.286. The number of carbonyl (C=O) groups excluding carboxylic acids is 2. The molecule has 0 aromatic heterocycles. The smallest absolute Gasteiger partial charge is 0.417 e. The van der Waals surface area contributed by atoms with E-state index in [1.165, 1.54) is 0 Å². The number of sulfone groups is 1. The molecule has 0 N–H and O–H groups in total. The summed E-state index contributed by atoms with van der Waals surface area (Å²) < 4.78 is 66.8. The van der Waals surface area contributed by atoms with Gasteiger partial charge in [0.2, 0.25) is 0 Å². The Morgan fingerprint density at radius 2 is 1.91 bits per heavy atom. The van der Waals surface area contributed by atoms with Crippen LogP contribution in [0.3, 0.4) is 0 Å². The maximum Gasteiger partial charge on any atom is 0.417 e. The lowest BCUT2D eigenvalue weighted by Crippen LogP contribution is -2.16. The molecular formula is C14H13F3O5S. The van der Waals surface area contributed by atoms with Crippen molar-refractivity contribution in [3.8, 4) is 0 Å². The van der Waals surface area contributed by atoms with E-state index in [9.17, 15) is 31.2 Å². The van der Waals surface area contributed by atoms with Gasteiger partial charge in [0.15, 0.2) is 21.9 Å². The van der Waals surface area contributed by atoms with Gasteiger partial charge in [0, 0.05) is 11.8 Å². The van der Waals surface area contributed by atoms with Gasteiger partial charge in [-0.1, -0.05) is 0 Å². The van der Waals surface area contributed by atoms with E-state index in [1.54, 1.807) is 6.92 Å².